The quantitative estimate of drug-likeness (QED) is 0.225. The molecule has 49 heavy (non-hydrogen) atoms. The van der Waals surface area contributed by atoms with E-state index in [1.165, 1.54) is 18.9 Å². The molecule has 1 saturated carbocycles. The van der Waals surface area contributed by atoms with Crippen LogP contribution in [0.5, 0.6) is 0 Å². The highest BCUT2D eigenvalue weighted by Crippen LogP contribution is 2.54. The first-order valence-corrected chi connectivity index (χ1v) is 18.5. The highest BCUT2D eigenvalue weighted by atomic mass is 32.2. The van der Waals surface area contributed by atoms with Crippen molar-refractivity contribution < 1.29 is 31.5 Å². The minimum atomic E-state index is -3.90. The van der Waals surface area contributed by atoms with Gasteiger partial charge in [0, 0.05) is 56.3 Å². The zero-order chi connectivity index (χ0) is 35.0. The van der Waals surface area contributed by atoms with Gasteiger partial charge >= 0.3 is 5.97 Å². The van der Waals surface area contributed by atoms with Crippen LogP contribution in [0.4, 0.5) is 31.5 Å². The van der Waals surface area contributed by atoms with Gasteiger partial charge in [-0.25, -0.2) is 17.2 Å². The van der Waals surface area contributed by atoms with Crippen molar-refractivity contribution in [2.45, 2.75) is 64.3 Å². The van der Waals surface area contributed by atoms with Crippen molar-refractivity contribution in [2.75, 3.05) is 58.4 Å². The third kappa shape index (κ3) is 8.23. The Kier molecular flexibility index (Phi) is 9.73. The van der Waals surface area contributed by atoms with E-state index in [0.717, 1.165) is 31.3 Å². The average Bonchev–Trinajstić information content (AvgIpc) is 3.82. The Hall–Kier alpha value is -4.04. The number of aromatic nitrogens is 1. The van der Waals surface area contributed by atoms with E-state index in [9.17, 15) is 26.8 Å². The number of fused-ring (bicyclic) bond motifs is 1. The van der Waals surface area contributed by atoms with Crippen LogP contribution in [0.2, 0.25) is 0 Å². The molecule has 1 aromatic heterocycles. The molecule has 0 unspecified atom stereocenters. The summed E-state index contributed by atoms with van der Waals surface area (Å²) in [6, 6.07) is 11.2. The number of anilines is 4. The van der Waals surface area contributed by atoms with Gasteiger partial charge in [0.15, 0.2) is 0 Å². The van der Waals surface area contributed by atoms with Crippen molar-refractivity contribution >= 4 is 55.6 Å². The van der Waals surface area contributed by atoms with Crippen molar-refractivity contribution in [3.63, 3.8) is 0 Å². The van der Waals surface area contributed by atoms with Crippen LogP contribution in [0.1, 0.15) is 62.7 Å². The Morgan fingerprint density at radius 3 is 2.27 bits per heavy atom. The SMILES string of the molecule is CC(C)[C@@H](N)C(=O)OCCS(=O)(=O)Nc1ccc(C(=O)Nc2cc(N3CCC(F)(F)CC3)c3ncccc3c2)c(N2CCC3(CC2)CC3)c1. The van der Waals surface area contributed by atoms with E-state index < -0.39 is 33.7 Å². The Balaban J connectivity index is 1.23. The van der Waals surface area contributed by atoms with Gasteiger partial charge in [-0.2, -0.15) is 0 Å². The molecule has 1 atom stereocenters. The zero-order valence-corrected chi connectivity index (χ0v) is 28.7. The molecular weight excluding hydrogens is 654 g/mol. The van der Waals surface area contributed by atoms with Gasteiger partial charge in [0.2, 0.25) is 10.0 Å². The summed E-state index contributed by atoms with van der Waals surface area (Å²) in [7, 11) is -3.90. The van der Waals surface area contributed by atoms with Crippen LogP contribution in [-0.4, -0.2) is 75.8 Å². The first kappa shape index (κ1) is 34.8. The molecule has 2 aromatic carbocycles. The van der Waals surface area contributed by atoms with Crippen LogP contribution in [0, 0.1) is 11.3 Å². The van der Waals surface area contributed by atoms with Gasteiger partial charge in [-0.05, 0) is 73.4 Å². The molecule has 14 heteroatoms. The van der Waals surface area contributed by atoms with E-state index in [0.29, 0.717) is 33.6 Å². The number of amides is 1. The van der Waals surface area contributed by atoms with Crippen molar-refractivity contribution in [1.29, 1.82) is 0 Å². The van der Waals surface area contributed by atoms with Gasteiger partial charge in [-0.15, -0.1) is 0 Å². The number of nitrogens with zero attached hydrogens (tertiary/aromatic N) is 3. The molecule has 264 valence electrons. The summed E-state index contributed by atoms with van der Waals surface area (Å²) in [5, 5.41) is 3.78. The van der Waals surface area contributed by atoms with E-state index in [4.69, 9.17) is 10.5 Å². The molecule has 1 amide bonds. The van der Waals surface area contributed by atoms with Crippen LogP contribution in [0.25, 0.3) is 10.9 Å². The van der Waals surface area contributed by atoms with Crippen LogP contribution < -0.4 is 25.6 Å². The standard InChI is InChI=1S/C35H44F2N6O5S/c1-23(2)30(38)33(45)48-18-19-49(46,47)41-25-5-6-27(28(21-25)42-14-9-34(7-8-34)10-15-42)32(44)40-26-20-24-4-3-13-39-31(24)29(22-26)43-16-11-35(36,37)12-17-43/h3-6,13,20-23,30,41H,7-12,14-19,38H2,1-2H3,(H,40,44)/t30-/m1/s1. The molecule has 3 heterocycles. The maximum Gasteiger partial charge on any atom is 0.323 e. The minimum Gasteiger partial charge on any atom is -0.463 e. The Labute approximate surface area is 285 Å². The number of carbonyl (C=O) groups excluding carboxylic acids is 2. The number of ether oxygens (including phenoxy) is 1. The van der Waals surface area contributed by atoms with Crippen LogP contribution in [0.3, 0.4) is 0 Å². The number of pyridine rings is 1. The number of piperidine rings is 2. The van der Waals surface area contributed by atoms with Crippen LogP contribution >= 0.6 is 0 Å². The summed E-state index contributed by atoms with van der Waals surface area (Å²) in [6.07, 6.45) is 5.53. The normalized spacial score (nSPS) is 19.1. The second-order valence-electron chi connectivity index (χ2n) is 13.9. The number of hydrogen-bond donors (Lipinski definition) is 3. The summed E-state index contributed by atoms with van der Waals surface area (Å²) in [4.78, 5) is 34.6. The highest BCUT2D eigenvalue weighted by molar-refractivity contribution is 7.92. The van der Waals surface area contributed by atoms with E-state index in [2.05, 4.69) is 19.9 Å². The Morgan fingerprint density at radius 1 is 0.939 bits per heavy atom. The third-order valence-corrected chi connectivity index (χ3v) is 11.3. The topological polar surface area (TPSA) is 147 Å². The number of nitrogens with two attached hydrogens (primary N) is 1. The monoisotopic (exact) mass is 698 g/mol. The number of sulfonamides is 1. The molecule has 3 aromatic rings. The molecule has 0 bridgehead atoms. The lowest BCUT2D eigenvalue weighted by atomic mass is 9.93. The molecule has 2 aliphatic heterocycles. The van der Waals surface area contributed by atoms with E-state index in [-0.39, 0.29) is 50.1 Å². The number of alkyl halides is 2. The van der Waals surface area contributed by atoms with Gasteiger partial charge in [-0.1, -0.05) is 19.9 Å². The molecule has 1 aliphatic carbocycles. The van der Waals surface area contributed by atoms with Gasteiger partial charge in [-0.3, -0.25) is 19.3 Å². The molecule has 4 N–H and O–H groups in total. The lowest BCUT2D eigenvalue weighted by Crippen LogP contribution is -2.39. The molecule has 6 rings (SSSR count). The molecular formula is C35H44F2N6O5S. The first-order valence-electron chi connectivity index (χ1n) is 16.9. The number of esters is 1. The number of carbonyl (C=O) groups is 2. The minimum absolute atomic E-state index is 0.147. The second kappa shape index (κ2) is 13.7. The summed E-state index contributed by atoms with van der Waals surface area (Å²) >= 11 is 0. The van der Waals surface area contributed by atoms with Gasteiger partial charge in [0.25, 0.3) is 11.8 Å². The van der Waals surface area contributed by atoms with E-state index in [1.54, 1.807) is 44.3 Å². The van der Waals surface area contributed by atoms with Crippen molar-refractivity contribution in [1.82, 2.24) is 4.98 Å². The van der Waals surface area contributed by atoms with Gasteiger partial charge in [0.1, 0.15) is 18.4 Å². The lowest BCUT2D eigenvalue weighted by molar-refractivity contribution is -0.145. The van der Waals surface area contributed by atoms with Crippen LogP contribution in [0.15, 0.2) is 48.7 Å². The molecule has 3 fully saturated rings. The van der Waals surface area contributed by atoms with Crippen molar-refractivity contribution in [3.8, 4) is 0 Å². The maximum atomic E-state index is 14.0. The Morgan fingerprint density at radius 2 is 1.59 bits per heavy atom. The second-order valence-corrected chi connectivity index (χ2v) is 15.8. The molecule has 1 spiro atoms. The summed E-state index contributed by atoms with van der Waals surface area (Å²) < 4.78 is 61.5. The zero-order valence-electron chi connectivity index (χ0n) is 27.9. The number of benzene rings is 2. The van der Waals surface area contributed by atoms with E-state index >= 15 is 0 Å². The van der Waals surface area contributed by atoms with Crippen LogP contribution in [-0.2, 0) is 19.6 Å². The molecule has 3 aliphatic rings. The number of halogens is 2. The van der Waals surface area contributed by atoms with Gasteiger partial charge in [0.05, 0.1) is 28.1 Å². The molecule has 2 saturated heterocycles. The molecule has 11 nitrogen and oxygen atoms in total. The molecule has 0 radical (unpaired) electrons. The summed E-state index contributed by atoms with van der Waals surface area (Å²) in [5.74, 6) is -4.35. The maximum absolute atomic E-state index is 14.0. The first-order chi connectivity index (χ1) is 23.2. The Bertz CT molecular complexity index is 1810. The fourth-order valence-electron chi connectivity index (χ4n) is 6.56. The summed E-state index contributed by atoms with van der Waals surface area (Å²) in [6.45, 7) is 5.00. The highest BCUT2D eigenvalue weighted by Gasteiger charge is 2.44. The van der Waals surface area contributed by atoms with Crippen molar-refractivity contribution in [3.05, 3.63) is 54.2 Å². The average molecular weight is 699 g/mol. The number of hydrogen-bond acceptors (Lipinski definition) is 9. The summed E-state index contributed by atoms with van der Waals surface area (Å²) in [5.41, 5.74) is 9.27. The fourth-order valence-corrected chi connectivity index (χ4v) is 7.45. The predicted molar refractivity (Wildman–Crippen MR) is 187 cm³/mol. The third-order valence-electron chi connectivity index (χ3n) is 10.0. The van der Waals surface area contributed by atoms with E-state index in [1.807, 2.05) is 17.0 Å². The van der Waals surface area contributed by atoms with Gasteiger partial charge < -0.3 is 25.6 Å². The predicted octanol–water partition coefficient (Wildman–Crippen LogP) is 5.37. The lowest BCUT2D eigenvalue weighted by Gasteiger charge is -2.35. The largest absolute Gasteiger partial charge is 0.463 e. The van der Waals surface area contributed by atoms with Crippen molar-refractivity contribution in [2.24, 2.45) is 17.1 Å². The fraction of sp³-hybridized carbons (Fsp3) is 0.514. The number of nitrogens with one attached hydrogen (secondary N) is 2. The number of rotatable bonds is 11. The smallest absolute Gasteiger partial charge is 0.323 e.